The van der Waals surface area contributed by atoms with Crippen LogP contribution < -0.4 is 17.6 Å². The molecule has 0 atom stereocenters. The van der Waals surface area contributed by atoms with E-state index in [0.29, 0.717) is 0 Å². The van der Waals surface area contributed by atoms with Crippen molar-refractivity contribution in [3.63, 3.8) is 0 Å². The van der Waals surface area contributed by atoms with Gasteiger partial charge in [0.05, 0.1) is 0 Å². The maximum atomic E-state index is 10.3. The maximum Gasteiger partial charge on any atom is 0.323 e. The second-order valence-electron chi connectivity index (χ2n) is 2.30. The summed E-state index contributed by atoms with van der Waals surface area (Å²) in [5, 5.41) is 19.5. The Morgan fingerprint density at radius 3 is 1.38 bits per heavy atom. The van der Waals surface area contributed by atoms with Gasteiger partial charge < -0.3 is 27.8 Å². The Morgan fingerprint density at radius 1 is 1.08 bits per heavy atom. The standard InChI is InChI=1S/C5H7NO4.2H3N.Pt/c7-3(8)5(4(9)10)1-6-2-5;;;/h6H,1-2H2,(H,7,8)(H,9,10);2*1H3;. The summed E-state index contributed by atoms with van der Waals surface area (Å²) in [6.45, 7) is 0.0509. The predicted octanol–water partition coefficient (Wildman–Crippen LogP) is -0.933. The number of hydrogen-bond acceptors (Lipinski definition) is 5. The van der Waals surface area contributed by atoms with Gasteiger partial charge >= 0.3 is 11.9 Å². The Kier molecular flexibility index (Phi) is 8.51. The van der Waals surface area contributed by atoms with Crippen LogP contribution in [0.1, 0.15) is 0 Å². The molecular formula is C5H13N3O4Pt. The zero-order chi connectivity index (χ0) is 7.78. The van der Waals surface area contributed by atoms with Crippen LogP contribution in [0.2, 0.25) is 0 Å². The average Bonchev–Trinajstić information content (AvgIpc) is 1.57. The Balaban J connectivity index is -0.000000333. The number of nitrogens with one attached hydrogen (secondary N) is 1. The van der Waals surface area contributed by atoms with Crippen LogP contribution in [-0.4, -0.2) is 35.2 Å². The number of aliphatic carboxylic acids is 2. The SMILES string of the molecule is N.N.O=C(O)C1(C(=O)O)CNC1.[Pt]. The van der Waals surface area contributed by atoms with E-state index in [1.165, 1.54) is 0 Å². The van der Waals surface area contributed by atoms with Gasteiger partial charge in [0.25, 0.3) is 0 Å². The first-order valence-corrected chi connectivity index (χ1v) is 2.77. The molecule has 1 rings (SSSR count). The van der Waals surface area contributed by atoms with Crippen LogP contribution in [0, 0.1) is 5.41 Å². The zero-order valence-corrected chi connectivity index (χ0v) is 9.13. The molecule has 9 N–H and O–H groups in total. The molecule has 1 saturated heterocycles. The molecular weight excluding hydrogens is 361 g/mol. The summed E-state index contributed by atoms with van der Waals surface area (Å²) in [5.74, 6) is -2.53. The summed E-state index contributed by atoms with van der Waals surface area (Å²) in [7, 11) is 0. The number of rotatable bonds is 2. The van der Waals surface area contributed by atoms with Crippen LogP contribution in [0.25, 0.3) is 0 Å². The van der Waals surface area contributed by atoms with E-state index in [1.807, 2.05) is 0 Å². The Morgan fingerprint density at radius 2 is 1.38 bits per heavy atom. The molecule has 0 aliphatic carbocycles. The van der Waals surface area contributed by atoms with Crippen molar-refractivity contribution >= 4 is 11.9 Å². The smallest absolute Gasteiger partial charge is 0.323 e. The Labute approximate surface area is 89.3 Å². The molecule has 1 aliphatic rings. The number of carboxylic acids is 2. The quantitative estimate of drug-likeness (QED) is 0.391. The van der Waals surface area contributed by atoms with Crippen LogP contribution in [0.15, 0.2) is 0 Å². The molecule has 82 valence electrons. The molecule has 0 radical (unpaired) electrons. The molecule has 0 saturated carbocycles. The largest absolute Gasteiger partial charge is 0.480 e. The van der Waals surface area contributed by atoms with Gasteiger partial charge in [-0.25, -0.2) is 0 Å². The Bertz CT molecular complexity index is 178. The summed E-state index contributed by atoms with van der Waals surface area (Å²) in [4.78, 5) is 20.6. The normalized spacial score (nSPS) is 16.3. The average molecular weight is 374 g/mol. The summed E-state index contributed by atoms with van der Waals surface area (Å²) in [6, 6.07) is 0. The van der Waals surface area contributed by atoms with Gasteiger partial charge in [-0.3, -0.25) is 9.59 Å². The van der Waals surface area contributed by atoms with E-state index >= 15 is 0 Å². The topological polar surface area (TPSA) is 157 Å². The summed E-state index contributed by atoms with van der Waals surface area (Å²) in [5.41, 5.74) is -1.56. The van der Waals surface area contributed by atoms with Crippen molar-refractivity contribution in [1.29, 1.82) is 0 Å². The fourth-order valence-corrected chi connectivity index (χ4v) is 0.769. The fourth-order valence-electron chi connectivity index (χ4n) is 0.769. The van der Waals surface area contributed by atoms with Crippen molar-refractivity contribution in [1.82, 2.24) is 17.6 Å². The summed E-state index contributed by atoms with van der Waals surface area (Å²) in [6.07, 6.45) is 0. The summed E-state index contributed by atoms with van der Waals surface area (Å²) < 4.78 is 0. The first kappa shape index (κ1) is 18.3. The number of carboxylic acid groups (broad SMARTS) is 2. The third kappa shape index (κ3) is 2.73. The molecule has 7 nitrogen and oxygen atoms in total. The van der Waals surface area contributed by atoms with E-state index in [-0.39, 0.29) is 46.5 Å². The second-order valence-corrected chi connectivity index (χ2v) is 2.30. The van der Waals surface area contributed by atoms with Crippen LogP contribution in [0.3, 0.4) is 0 Å². The third-order valence-electron chi connectivity index (χ3n) is 1.67. The van der Waals surface area contributed by atoms with Crippen LogP contribution in [-0.2, 0) is 30.7 Å². The van der Waals surface area contributed by atoms with Gasteiger partial charge in [0, 0.05) is 34.2 Å². The molecule has 1 heterocycles. The van der Waals surface area contributed by atoms with Crippen LogP contribution in [0.5, 0.6) is 0 Å². The van der Waals surface area contributed by atoms with Crippen LogP contribution in [0.4, 0.5) is 0 Å². The van der Waals surface area contributed by atoms with Crippen molar-refractivity contribution in [2.45, 2.75) is 0 Å². The minimum atomic E-state index is -1.56. The van der Waals surface area contributed by atoms with Gasteiger partial charge in [-0.2, -0.15) is 0 Å². The van der Waals surface area contributed by atoms with Crippen molar-refractivity contribution in [3.8, 4) is 0 Å². The van der Waals surface area contributed by atoms with E-state index in [1.54, 1.807) is 0 Å². The maximum absolute atomic E-state index is 10.3. The molecule has 0 spiro atoms. The van der Waals surface area contributed by atoms with E-state index in [9.17, 15) is 9.59 Å². The number of carbonyl (C=O) groups is 2. The van der Waals surface area contributed by atoms with Gasteiger partial charge in [0.15, 0.2) is 5.41 Å². The molecule has 0 aromatic rings. The molecule has 1 fully saturated rings. The van der Waals surface area contributed by atoms with Crippen molar-refractivity contribution in [3.05, 3.63) is 0 Å². The fraction of sp³-hybridized carbons (Fsp3) is 0.600. The molecule has 0 aromatic heterocycles. The predicted molar refractivity (Wildman–Crippen MR) is 40.6 cm³/mol. The summed E-state index contributed by atoms with van der Waals surface area (Å²) >= 11 is 0. The molecule has 0 amide bonds. The van der Waals surface area contributed by atoms with Gasteiger partial charge in [-0.1, -0.05) is 0 Å². The van der Waals surface area contributed by atoms with Crippen molar-refractivity contribution in [2.75, 3.05) is 13.1 Å². The first-order valence-electron chi connectivity index (χ1n) is 2.77. The first-order chi connectivity index (χ1) is 4.59. The van der Waals surface area contributed by atoms with Crippen molar-refractivity contribution in [2.24, 2.45) is 5.41 Å². The minimum absolute atomic E-state index is 0. The van der Waals surface area contributed by atoms with E-state index in [2.05, 4.69) is 5.32 Å². The molecule has 0 aromatic carbocycles. The second kappa shape index (κ2) is 6.04. The Hall–Kier alpha value is -0.492. The van der Waals surface area contributed by atoms with E-state index in [4.69, 9.17) is 10.2 Å². The zero-order valence-electron chi connectivity index (χ0n) is 6.86. The molecule has 8 heteroatoms. The van der Waals surface area contributed by atoms with E-state index in [0.717, 1.165) is 0 Å². The molecule has 0 unspecified atom stereocenters. The number of hydrogen-bond donors (Lipinski definition) is 5. The van der Waals surface area contributed by atoms with Gasteiger partial charge in [0.2, 0.25) is 0 Å². The van der Waals surface area contributed by atoms with Gasteiger partial charge in [-0.05, 0) is 0 Å². The monoisotopic (exact) mass is 374 g/mol. The third-order valence-corrected chi connectivity index (χ3v) is 1.67. The van der Waals surface area contributed by atoms with Crippen LogP contribution >= 0.6 is 0 Å². The minimum Gasteiger partial charge on any atom is -0.480 e. The molecule has 0 bridgehead atoms. The molecule has 13 heavy (non-hydrogen) atoms. The van der Waals surface area contributed by atoms with Gasteiger partial charge in [-0.15, -0.1) is 0 Å². The van der Waals surface area contributed by atoms with E-state index < -0.39 is 17.4 Å². The molecule has 1 aliphatic heterocycles. The van der Waals surface area contributed by atoms with Gasteiger partial charge in [0.1, 0.15) is 0 Å². The van der Waals surface area contributed by atoms with Crippen molar-refractivity contribution < 1.29 is 40.9 Å².